The van der Waals surface area contributed by atoms with Gasteiger partial charge < -0.3 is 14.7 Å². The molecule has 32 heavy (non-hydrogen) atoms. The molecule has 0 radical (unpaired) electrons. The Balaban J connectivity index is 2.11. The van der Waals surface area contributed by atoms with Gasteiger partial charge in [-0.1, -0.05) is 26.0 Å². The first-order valence-corrected chi connectivity index (χ1v) is 12.2. The lowest BCUT2D eigenvalue weighted by Crippen LogP contribution is -2.50. The molecule has 1 aromatic carbocycles. The summed E-state index contributed by atoms with van der Waals surface area (Å²) >= 11 is 0. The van der Waals surface area contributed by atoms with Gasteiger partial charge in [-0.15, -0.1) is 0 Å². The van der Waals surface area contributed by atoms with Crippen LogP contribution in [0.15, 0.2) is 47.6 Å². The van der Waals surface area contributed by atoms with Crippen LogP contribution in [-0.4, -0.2) is 72.5 Å². The summed E-state index contributed by atoms with van der Waals surface area (Å²) in [5.74, 6) is -0.00290. The topological polar surface area (TPSA) is 100 Å². The molecule has 0 aliphatic carbocycles. The van der Waals surface area contributed by atoms with Gasteiger partial charge in [-0.05, 0) is 30.7 Å². The second-order valence-corrected chi connectivity index (χ2v) is 10.1. The van der Waals surface area contributed by atoms with E-state index in [9.17, 15) is 18.3 Å². The zero-order valence-corrected chi connectivity index (χ0v) is 19.7. The number of nitrogens with zero attached hydrogens (tertiary/aromatic N) is 3. The highest BCUT2D eigenvalue weighted by molar-refractivity contribution is 7.89. The average Bonchev–Trinajstić information content (AvgIpc) is 2.80. The molecule has 0 fully saturated rings. The summed E-state index contributed by atoms with van der Waals surface area (Å²) in [5, 5.41) is 9.73. The zero-order valence-electron chi connectivity index (χ0n) is 18.9. The van der Waals surface area contributed by atoms with Gasteiger partial charge in [-0.25, -0.2) is 8.42 Å². The van der Waals surface area contributed by atoms with E-state index in [1.165, 1.54) is 10.4 Å². The van der Waals surface area contributed by atoms with Crippen LogP contribution >= 0.6 is 0 Å². The minimum atomic E-state index is -3.91. The Morgan fingerprint density at radius 3 is 2.72 bits per heavy atom. The van der Waals surface area contributed by atoms with E-state index >= 15 is 0 Å². The van der Waals surface area contributed by atoms with Crippen molar-refractivity contribution in [3.8, 4) is 16.9 Å². The van der Waals surface area contributed by atoms with Crippen molar-refractivity contribution in [3.05, 3.63) is 42.7 Å². The highest BCUT2D eigenvalue weighted by atomic mass is 32.2. The lowest BCUT2D eigenvalue weighted by atomic mass is 10.0. The number of aliphatic hydroxyl groups is 1. The van der Waals surface area contributed by atoms with Gasteiger partial charge >= 0.3 is 0 Å². The first-order chi connectivity index (χ1) is 15.2. The number of likely N-dealkylation sites (N-methyl/N-ethyl adjacent to an activating group) is 1. The summed E-state index contributed by atoms with van der Waals surface area (Å²) in [6.07, 6.45) is 3.32. The van der Waals surface area contributed by atoms with Crippen molar-refractivity contribution >= 4 is 15.9 Å². The van der Waals surface area contributed by atoms with Crippen LogP contribution in [0.1, 0.15) is 27.2 Å². The standard InChI is InChI=1S/C23H31N3O5S/c1-5-23(28)25(4)14-21-16(2)13-26(17(3)15-27)32(29,30)22-9-8-18(11-20(22)31-21)19-7-6-10-24-12-19/h6-12,16-17,21,27H,5,13-15H2,1-4H3/t16-,17+,21+/m1/s1. The molecule has 1 N–H and O–H groups in total. The molecule has 2 aromatic rings. The fraction of sp³-hybridized carbons (Fsp3) is 0.478. The number of ether oxygens (including phenoxy) is 1. The quantitative estimate of drug-likeness (QED) is 0.709. The van der Waals surface area contributed by atoms with Crippen molar-refractivity contribution < 1.29 is 23.1 Å². The number of sulfonamides is 1. The maximum atomic E-state index is 13.5. The number of pyridine rings is 1. The Bertz CT molecular complexity index is 1040. The summed E-state index contributed by atoms with van der Waals surface area (Å²) in [4.78, 5) is 18.0. The van der Waals surface area contributed by atoms with Crippen molar-refractivity contribution in [2.75, 3.05) is 26.7 Å². The molecule has 0 spiro atoms. The number of fused-ring (bicyclic) bond motifs is 1. The molecular formula is C23H31N3O5S. The van der Waals surface area contributed by atoms with Gasteiger partial charge in [0.05, 0.1) is 13.2 Å². The molecule has 9 heteroatoms. The van der Waals surface area contributed by atoms with E-state index in [0.29, 0.717) is 13.0 Å². The van der Waals surface area contributed by atoms with E-state index in [1.54, 1.807) is 50.3 Å². The number of amides is 1. The van der Waals surface area contributed by atoms with Crippen LogP contribution in [-0.2, 0) is 14.8 Å². The van der Waals surface area contributed by atoms with Crippen LogP contribution in [0.2, 0.25) is 0 Å². The van der Waals surface area contributed by atoms with Crippen molar-refractivity contribution in [3.63, 3.8) is 0 Å². The molecule has 3 atom stereocenters. The average molecular weight is 462 g/mol. The Morgan fingerprint density at radius 1 is 1.34 bits per heavy atom. The normalized spacial score (nSPS) is 21.5. The van der Waals surface area contributed by atoms with Crippen molar-refractivity contribution in [1.29, 1.82) is 0 Å². The zero-order chi connectivity index (χ0) is 23.5. The van der Waals surface area contributed by atoms with Gasteiger partial charge in [-0.3, -0.25) is 9.78 Å². The molecule has 1 amide bonds. The van der Waals surface area contributed by atoms with E-state index in [0.717, 1.165) is 11.1 Å². The summed E-state index contributed by atoms with van der Waals surface area (Å²) in [7, 11) is -2.19. The molecule has 0 unspecified atom stereocenters. The van der Waals surface area contributed by atoms with Crippen LogP contribution in [0.3, 0.4) is 0 Å². The first kappa shape index (κ1) is 24.2. The number of carbonyl (C=O) groups is 1. The third-order valence-corrected chi connectivity index (χ3v) is 7.86. The molecule has 8 nitrogen and oxygen atoms in total. The molecule has 1 aromatic heterocycles. The largest absolute Gasteiger partial charge is 0.487 e. The minimum Gasteiger partial charge on any atom is -0.487 e. The smallest absolute Gasteiger partial charge is 0.247 e. The highest BCUT2D eigenvalue weighted by Crippen LogP contribution is 2.36. The van der Waals surface area contributed by atoms with Crippen molar-refractivity contribution in [2.45, 2.75) is 44.2 Å². The minimum absolute atomic E-state index is 0.0135. The number of hydrogen-bond acceptors (Lipinski definition) is 6. The van der Waals surface area contributed by atoms with Gasteiger partial charge in [0.25, 0.3) is 0 Å². The SMILES string of the molecule is CCC(=O)N(C)C[C@@H]1Oc2cc(-c3cccnc3)ccc2S(=O)(=O)N([C@@H](C)CO)C[C@H]1C. The summed E-state index contributed by atoms with van der Waals surface area (Å²) in [6.45, 7) is 5.58. The van der Waals surface area contributed by atoms with Crippen LogP contribution in [0.25, 0.3) is 11.1 Å². The maximum Gasteiger partial charge on any atom is 0.247 e. The van der Waals surface area contributed by atoms with E-state index < -0.39 is 22.2 Å². The molecular weight excluding hydrogens is 430 g/mol. The second kappa shape index (κ2) is 9.97. The third kappa shape index (κ3) is 4.95. The summed E-state index contributed by atoms with van der Waals surface area (Å²) in [5.41, 5.74) is 1.61. The molecule has 0 saturated carbocycles. The Morgan fingerprint density at radius 2 is 2.09 bits per heavy atom. The lowest BCUT2D eigenvalue weighted by molar-refractivity contribution is -0.131. The number of aromatic nitrogens is 1. The summed E-state index contributed by atoms with van der Waals surface area (Å²) in [6, 6.07) is 8.08. The summed E-state index contributed by atoms with van der Waals surface area (Å²) < 4.78 is 34.6. The van der Waals surface area contributed by atoms with Crippen LogP contribution < -0.4 is 4.74 Å². The predicted molar refractivity (Wildman–Crippen MR) is 122 cm³/mol. The molecule has 2 heterocycles. The molecule has 174 valence electrons. The van der Waals surface area contributed by atoms with Gasteiger partial charge in [0.2, 0.25) is 15.9 Å². The van der Waals surface area contributed by atoms with E-state index in [2.05, 4.69) is 4.98 Å². The Hall–Kier alpha value is -2.49. The van der Waals surface area contributed by atoms with E-state index in [-0.39, 0.29) is 35.6 Å². The van der Waals surface area contributed by atoms with Crippen molar-refractivity contribution in [1.82, 2.24) is 14.2 Å². The molecule has 3 rings (SSSR count). The van der Waals surface area contributed by atoms with E-state index in [4.69, 9.17) is 4.74 Å². The van der Waals surface area contributed by atoms with Gasteiger partial charge in [0, 0.05) is 49.9 Å². The predicted octanol–water partition coefficient (Wildman–Crippen LogP) is 2.39. The number of carbonyl (C=O) groups excluding carboxylic acids is 1. The molecule has 0 saturated heterocycles. The van der Waals surface area contributed by atoms with Crippen LogP contribution in [0.5, 0.6) is 5.75 Å². The highest BCUT2D eigenvalue weighted by Gasteiger charge is 2.38. The van der Waals surface area contributed by atoms with Crippen LogP contribution in [0.4, 0.5) is 0 Å². The number of hydrogen-bond donors (Lipinski definition) is 1. The second-order valence-electron chi connectivity index (χ2n) is 8.27. The van der Waals surface area contributed by atoms with Gasteiger partial charge in [-0.2, -0.15) is 4.31 Å². The van der Waals surface area contributed by atoms with Crippen LogP contribution in [0, 0.1) is 5.92 Å². The van der Waals surface area contributed by atoms with Gasteiger partial charge in [0.15, 0.2) is 0 Å². The number of benzene rings is 1. The van der Waals surface area contributed by atoms with Gasteiger partial charge in [0.1, 0.15) is 16.7 Å². The third-order valence-electron chi connectivity index (χ3n) is 5.84. The number of rotatable bonds is 6. The molecule has 1 aliphatic rings. The fourth-order valence-corrected chi connectivity index (χ4v) is 5.62. The molecule has 0 bridgehead atoms. The number of aliphatic hydroxyl groups excluding tert-OH is 1. The molecule has 1 aliphatic heterocycles. The van der Waals surface area contributed by atoms with E-state index in [1.807, 2.05) is 19.1 Å². The maximum absolute atomic E-state index is 13.5. The monoisotopic (exact) mass is 461 g/mol. The lowest BCUT2D eigenvalue weighted by Gasteiger charge is -2.37. The Labute approximate surface area is 189 Å². The fourth-order valence-electron chi connectivity index (χ4n) is 3.80. The van der Waals surface area contributed by atoms with Crippen molar-refractivity contribution in [2.24, 2.45) is 5.92 Å². The first-order valence-electron chi connectivity index (χ1n) is 10.8. The Kier molecular flexibility index (Phi) is 7.53.